The first-order valence-electron chi connectivity index (χ1n) is 7.43. The summed E-state index contributed by atoms with van der Waals surface area (Å²) in [4.78, 5) is 8.17. The third kappa shape index (κ3) is 2.27. The van der Waals surface area contributed by atoms with Crippen molar-refractivity contribution in [3.63, 3.8) is 0 Å². The van der Waals surface area contributed by atoms with Crippen LogP contribution in [0.4, 0.5) is 19.0 Å². The van der Waals surface area contributed by atoms with E-state index in [1.165, 1.54) is 0 Å². The topological polar surface area (TPSA) is 39.6 Å². The molecule has 1 saturated heterocycles. The second kappa shape index (κ2) is 4.83. The van der Waals surface area contributed by atoms with Gasteiger partial charge in [-0.15, -0.1) is 0 Å². The van der Waals surface area contributed by atoms with Gasteiger partial charge in [0.15, 0.2) is 0 Å². The molecule has 4 nitrogen and oxygen atoms in total. The van der Waals surface area contributed by atoms with Crippen LogP contribution >= 0.6 is 0 Å². The van der Waals surface area contributed by atoms with Crippen molar-refractivity contribution in [3.8, 4) is 0 Å². The molecule has 0 saturated carbocycles. The van der Waals surface area contributed by atoms with Gasteiger partial charge in [-0.1, -0.05) is 0 Å². The van der Waals surface area contributed by atoms with Crippen molar-refractivity contribution in [2.24, 2.45) is 0 Å². The highest BCUT2D eigenvalue weighted by molar-refractivity contribution is 5.59. The van der Waals surface area contributed by atoms with Crippen LogP contribution in [0.1, 0.15) is 31.9 Å². The molecule has 0 radical (unpaired) electrons. The zero-order chi connectivity index (χ0) is 16.3. The van der Waals surface area contributed by atoms with Crippen molar-refractivity contribution in [2.45, 2.75) is 44.6 Å². The van der Waals surface area contributed by atoms with Crippen molar-refractivity contribution >= 4 is 5.82 Å². The zero-order valence-electron chi connectivity index (χ0n) is 12.9. The summed E-state index contributed by atoms with van der Waals surface area (Å²) in [6.45, 7) is 7.82. The number of anilines is 1. The van der Waals surface area contributed by atoms with Crippen LogP contribution in [0.2, 0.25) is 0 Å². The molecule has 1 fully saturated rings. The second-order valence-corrected chi connectivity index (χ2v) is 6.54. The average Bonchev–Trinajstić information content (AvgIpc) is 2.66. The number of aliphatic hydroxyl groups is 1. The highest BCUT2D eigenvalue weighted by atomic mass is 19.4. The number of hydrogen-bond acceptors (Lipinski definition) is 4. The molecule has 0 unspecified atom stereocenters. The number of aromatic nitrogens is 1. The Morgan fingerprint density at radius 2 is 2.05 bits per heavy atom. The molecule has 1 N–H and O–H groups in total. The lowest BCUT2D eigenvalue weighted by molar-refractivity contribution is -0.138. The highest BCUT2D eigenvalue weighted by Gasteiger charge is 2.51. The standard InChI is InChI=1S/C15H20F3N3O/c1-9(2)20-4-5-21-12(8-20)14(3,22)11-6-10(15(16,17)18)7-19-13(11)21/h6-7,9,12,22H,4-5,8H2,1-3H3/t12-,14-/m1/s1. The van der Waals surface area contributed by atoms with Crippen LogP contribution in [0.25, 0.3) is 0 Å². The van der Waals surface area contributed by atoms with E-state index in [2.05, 4.69) is 23.7 Å². The van der Waals surface area contributed by atoms with E-state index in [0.717, 1.165) is 18.8 Å². The van der Waals surface area contributed by atoms with Gasteiger partial charge in [-0.2, -0.15) is 13.2 Å². The number of fused-ring (bicyclic) bond motifs is 3. The molecule has 3 heterocycles. The van der Waals surface area contributed by atoms with E-state index in [4.69, 9.17) is 0 Å². The number of pyridine rings is 1. The SMILES string of the molecule is CC(C)N1CCN2c3ncc(C(F)(F)F)cc3[C@@](C)(O)[C@H]2C1. The zero-order valence-corrected chi connectivity index (χ0v) is 12.9. The second-order valence-electron chi connectivity index (χ2n) is 6.54. The fourth-order valence-electron chi connectivity index (χ4n) is 3.40. The first kappa shape index (κ1) is 15.6. The van der Waals surface area contributed by atoms with E-state index < -0.39 is 17.3 Å². The Labute approximate surface area is 127 Å². The third-order valence-corrected chi connectivity index (χ3v) is 4.80. The Kier molecular flexibility index (Phi) is 3.41. The van der Waals surface area contributed by atoms with Gasteiger partial charge in [-0.05, 0) is 26.8 Å². The maximum atomic E-state index is 12.9. The molecule has 0 aromatic carbocycles. The third-order valence-electron chi connectivity index (χ3n) is 4.80. The molecule has 0 bridgehead atoms. The summed E-state index contributed by atoms with van der Waals surface area (Å²) in [6.07, 6.45) is -3.60. The number of rotatable bonds is 1. The summed E-state index contributed by atoms with van der Waals surface area (Å²) in [5.74, 6) is 0.478. The molecule has 2 aliphatic heterocycles. The lowest BCUT2D eigenvalue weighted by Crippen LogP contribution is -2.58. The smallest absolute Gasteiger partial charge is 0.383 e. The van der Waals surface area contributed by atoms with Crippen molar-refractivity contribution in [1.29, 1.82) is 0 Å². The molecule has 2 aliphatic rings. The maximum absolute atomic E-state index is 12.9. The van der Waals surface area contributed by atoms with Gasteiger partial charge in [0.2, 0.25) is 0 Å². The normalized spacial score (nSPS) is 28.9. The molecular formula is C15H20F3N3O. The minimum atomic E-state index is -4.45. The van der Waals surface area contributed by atoms with Crippen molar-refractivity contribution in [1.82, 2.24) is 9.88 Å². The fraction of sp³-hybridized carbons (Fsp3) is 0.667. The largest absolute Gasteiger partial charge is 0.417 e. The summed E-state index contributed by atoms with van der Waals surface area (Å²) >= 11 is 0. The molecule has 1 aromatic rings. The first-order chi connectivity index (χ1) is 10.1. The van der Waals surface area contributed by atoms with E-state index in [-0.39, 0.29) is 11.6 Å². The summed E-state index contributed by atoms with van der Waals surface area (Å²) in [5, 5.41) is 10.9. The average molecular weight is 315 g/mol. The number of halogens is 3. The van der Waals surface area contributed by atoms with Crippen LogP contribution in [0.3, 0.4) is 0 Å². The lowest BCUT2D eigenvalue weighted by Gasteiger charge is -2.43. The number of nitrogens with zero attached hydrogens (tertiary/aromatic N) is 3. The number of piperazine rings is 1. The molecule has 22 heavy (non-hydrogen) atoms. The molecule has 1 aromatic heterocycles. The molecule has 3 rings (SSSR count). The predicted molar refractivity (Wildman–Crippen MR) is 76.7 cm³/mol. The Balaban J connectivity index is 2.01. The van der Waals surface area contributed by atoms with Crippen LogP contribution in [-0.2, 0) is 11.8 Å². The van der Waals surface area contributed by atoms with Gasteiger partial charge >= 0.3 is 6.18 Å². The Hall–Kier alpha value is -1.34. The quantitative estimate of drug-likeness (QED) is 0.863. The fourth-order valence-corrected chi connectivity index (χ4v) is 3.40. The van der Waals surface area contributed by atoms with Gasteiger partial charge in [0.1, 0.15) is 11.4 Å². The Morgan fingerprint density at radius 1 is 1.36 bits per heavy atom. The molecule has 7 heteroatoms. The molecule has 2 atom stereocenters. The van der Waals surface area contributed by atoms with Gasteiger partial charge in [0.05, 0.1) is 11.6 Å². The first-order valence-corrected chi connectivity index (χ1v) is 7.43. The van der Waals surface area contributed by atoms with Gasteiger partial charge in [0, 0.05) is 37.4 Å². The van der Waals surface area contributed by atoms with E-state index >= 15 is 0 Å². The summed E-state index contributed by atoms with van der Waals surface area (Å²) in [7, 11) is 0. The van der Waals surface area contributed by atoms with Crippen LogP contribution in [0.15, 0.2) is 12.3 Å². The molecule has 122 valence electrons. The molecule has 0 aliphatic carbocycles. The summed E-state index contributed by atoms with van der Waals surface area (Å²) in [5.41, 5.74) is -1.87. The summed E-state index contributed by atoms with van der Waals surface area (Å²) < 4.78 is 38.7. The highest BCUT2D eigenvalue weighted by Crippen LogP contribution is 2.45. The van der Waals surface area contributed by atoms with Gasteiger partial charge in [-0.3, -0.25) is 4.90 Å². The molecular weight excluding hydrogens is 295 g/mol. The monoisotopic (exact) mass is 315 g/mol. The van der Waals surface area contributed by atoms with Crippen LogP contribution in [0, 0.1) is 0 Å². The predicted octanol–water partition coefficient (Wildman–Crippen LogP) is 2.22. The molecule has 0 spiro atoms. The van der Waals surface area contributed by atoms with E-state index in [0.29, 0.717) is 24.9 Å². The minimum absolute atomic E-state index is 0.269. The van der Waals surface area contributed by atoms with Crippen LogP contribution in [-0.4, -0.2) is 46.7 Å². The van der Waals surface area contributed by atoms with Gasteiger partial charge in [-0.25, -0.2) is 4.98 Å². The maximum Gasteiger partial charge on any atom is 0.417 e. The van der Waals surface area contributed by atoms with Gasteiger partial charge < -0.3 is 10.0 Å². The molecule has 0 amide bonds. The van der Waals surface area contributed by atoms with Crippen LogP contribution < -0.4 is 4.90 Å². The van der Waals surface area contributed by atoms with E-state index in [1.54, 1.807) is 6.92 Å². The minimum Gasteiger partial charge on any atom is -0.383 e. The number of alkyl halides is 3. The van der Waals surface area contributed by atoms with Crippen molar-refractivity contribution in [3.05, 3.63) is 23.4 Å². The van der Waals surface area contributed by atoms with Gasteiger partial charge in [0.25, 0.3) is 0 Å². The van der Waals surface area contributed by atoms with Crippen LogP contribution in [0.5, 0.6) is 0 Å². The Morgan fingerprint density at radius 3 is 2.64 bits per heavy atom. The van der Waals surface area contributed by atoms with E-state index in [9.17, 15) is 18.3 Å². The Bertz CT molecular complexity index is 586. The lowest BCUT2D eigenvalue weighted by atomic mass is 9.90. The van der Waals surface area contributed by atoms with Crippen molar-refractivity contribution < 1.29 is 18.3 Å². The number of hydrogen-bond donors (Lipinski definition) is 1. The summed E-state index contributed by atoms with van der Waals surface area (Å²) in [6, 6.07) is 1.11. The van der Waals surface area contributed by atoms with Crippen molar-refractivity contribution in [2.75, 3.05) is 24.5 Å². The van der Waals surface area contributed by atoms with E-state index in [1.807, 2.05) is 4.90 Å².